The van der Waals surface area contributed by atoms with Crippen molar-refractivity contribution in [1.29, 1.82) is 0 Å². The topological polar surface area (TPSA) is 67.2 Å². The number of nitrogens with zero attached hydrogens (tertiary/aromatic N) is 3. The van der Waals surface area contributed by atoms with Gasteiger partial charge >= 0.3 is 0 Å². The number of aryl methyl sites for hydroxylation is 1. The van der Waals surface area contributed by atoms with Crippen molar-refractivity contribution in [2.24, 2.45) is 7.05 Å². The van der Waals surface area contributed by atoms with Gasteiger partial charge in [0.2, 0.25) is 5.91 Å². The second-order valence-electron chi connectivity index (χ2n) is 5.59. The minimum Gasteiger partial charge on any atom is -0.352 e. The van der Waals surface area contributed by atoms with Gasteiger partial charge in [0.05, 0.1) is 11.8 Å². The SMILES string of the molecule is Cc1c(C(=O)N2CCC[C@H]2C(=O)NC(C)C)cnn1C. The highest BCUT2D eigenvalue weighted by Gasteiger charge is 2.35. The molecule has 1 aliphatic heterocycles. The molecule has 2 rings (SSSR count). The molecule has 1 atom stereocenters. The minimum atomic E-state index is -0.357. The van der Waals surface area contributed by atoms with Crippen LogP contribution in [0.2, 0.25) is 0 Å². The highest BCUT2D eigenvalue weighted by Crippen LogP contribution is 2.21. The van der Waals surface area contributed by atoms with Gasteiger partial charge in [0.25, 0.3) is 5.91 Å². The first-order valence-electron chi connectivity index (χ1n) is 7.01. The van der Waals surface area contributed by atoms with Crippen LogP contribution in [0.25, 0.3) is 0 Å². The van der Waals surface area contributed by atoms with Crippen molar-refractivity contribution in [3.63, 3.8) is 0 Å². The summed E-state index contributed by atoms with van der Waals surface area (Å²) in [6, 6.07) is -0.273. The number of amides is 2. The van der Waals surface area contributed by atoms with E-state index in [2.05, 4.69) is 10.4 Å². The first-order valence-corrected chi connectivity index (χ1v) is 7.01. The van der Waals surface area contributed by atoms with Gasteiger partial charge in [-0.3, -0.25) is 14.3 Å². The van der Waals surface area contributed by atoms with E-state index in [1.54, 1.807) is 22.8 Å². The Morgan fingerprint density at radius 3 is 2.70 bits per heavy atom. The molecule has 110 valence electrons. The van der Waals surface area contributed by atoms with Crippen LogP contribution in [0.3, 0.4) is 0 Å². The first kappa shape index (κ1) is 14.6. The van der Waals surface area contributed by atoms with Crippen LogP contribution < -0.4 is 5.32 Å². The molecule has 0 bridgehead atoms. The van der Waals surface area contributed by atoms with Crippen molar-refractivity contribution in [2.45, 2.75) is 45.7 Å². The molecular weight excluding hydrogens is 256 g/mol. The molecule has 0 aliphatic carbocycles. The van der Waals surface area contributed by atoms with Crippen LogP contribution in [-0.4, -0.2) is 45.1 Å². The zero-order valence-electron chi connectivity index (χ0n) is 12.5. The third-order valence-electron chi connectivity index (χ3n) is 3.71. The van der Waals surface area contributed by atoms with Crippen LogP contribution in [0, 0.1) is 6.92 Å². The Kier molecular flexibility index (Phi) is 4.11. The van der Waals surface area contributed by atoms with E-state index in [4.69, 9.17) is 0 Å². The fraction of sp³-hybridized carbons (Fsp3) is 0.643. The molecule has 2 amide bonds. The molecule has 20 heavy (non-hydrogen) atoms. The highest BCUT2D eigenvalue weighted by atomic mass is 16.2. The number of aromatic nitrogens is 2. The van der Waals surface area contributed by atoms with Crippen LogP contribution in [-0.2, 0) is 11.8 Å². The van der Waals surface area contributed by atoms with E-state index in [0.29, 0.717) is 12.1 Å². The minimum absolute atomic E-state index is 0.0626. The van der Waals surface area contributed by atoms with Crippen molar-refractivity contribution in [2.75, 3.05) is 6.54 Å². The van der Waals surface area contributed by atoms with Gasteiger partial charge in [0.1, 0.15) is 6.04 Å². The fourth-order valence-electron chi connectivity index (χ4n) is 2.53. The van der Waals surface area contributed by atoms with Gasteiger partial charge in [-0.1, -0.05) is 0 Å². The van der Waals surface area contributed by atoms with E-state index in [9.17, 15) is 9.59 Å². The standard InChI is InChI=1S/C14H22N4O2/c1-9(2)16-13(19)12-6-5-7-18(12)14(20)11-8-15-17(4)10(11)3/h8-9,12H,5-7H2,1-4H3,(H,16,19)/t12-/m0/s1. The smallest absolute Gasteiger partial charge is 0.258 e. The average molecular weight is 278 g/mol. The molecule has 1 N–H and O–H groups in total. The fourth-order valence-corrected chi connectivity index (χ4v) is 2.53. The van der Waals surface area contributed by atoms with Gasteiger partial charge in [0, 0.05) is 25.3 Å². The number of nitrogens with one attached hydrogen (secondary N) is 1. The molecule has 0 spiro atoms. The number of rotatable bonds is 3. The number of hydrogen-bond acceptors (Lipinski definition) is 3. The summed E-state index contributed by atoms with van der Waals surface area (Å²) in [5, 5.41) is 6.98. The molecule has 2 heterocycles. The Labute approximate surface area is 119 Å². The summed E-state index contributed by atoms with van der Waals surface area (Å²) in [7, 11) is 1.80. The molecule has 6 nitrogen and oxygen atoms in total. The first-order chi connectivity index (χ1) is 9.41. The molecule has 0 saturated carbocycles. The highest BCUT2D eigenvalue weighted by molar-refractivity contribution is 5.98. The molecule has 1 aliphatic rings. The van der Waals surface area contributed by atoms with Gasteiger partial charge in [-0.2, -0.15) is 5.10 Å². The summed E-state index contributed by atoms with van der Waals surface area (Å²) >= 11 is 0. The van der Waals surface area contributed by atoms with Crippen molar-refractivity contribution in [1.82, 2.24) is 20.0 Å². The van der Waals surface area contributed by atoms with E-state index in [1.807, 2.05) is 20.8 Å². The van der Waals surface area contributed by atoms with E-state index in [-0.39, 0.29) is 23.9 Å². The summed E-state index contributed by atoms with van der Waals surface area (Å²) in [6.07, 6.45) is 3.16. The normalized spacial score (nSPS) is 18.6. The van der Waals surface area contributed by atoms with Gasteiger partial charge in [-0.05, 0) is 33.6 Å². The molecule has 1 saturated heterocycles. The van der Waals surface area contributed by atoms with E-state index < -0.39 is 0 Å². The molecule has 0 radical (unpaired) electrons. The lowest BCUT2D eigenvalue weighted by molar-refractivity contribution is -0.125. The van der Waals surface area contributed by atoms with E-state index in [1.165, 1.54) is 0 Å². The lowest BCUT2D eigenvalue weighted by Gasteiger charge is -2.24. The molecule has 0 unspecified atom stereocenters. The summed E-state index contributed by atoms with van der Waals surface area (Å²) in [6.45, 7) is 6.33. The van der Waals surface area contributed by atoms with E-state index in [0.717, 1.165) is 18.5 Å². The third-order valence-corrected chi connectivity index (χ3v) is 3.71. The second kappa shape index (κ2) is 5.64. The van der Waals surface area contributed by atoms with Crippen LogP contribution in [0.4, 0.5) is 0 Å². The lowest BCUT2D eigenvalue weighted by Crippen LogP contribution is -2.47. The number of carbonyl (C=O) groups is 2. The van der Waals surface area contributed by atoms with Gasteiger partial charge in [0.15, 0.2) is 0 Å². The van der Waals surface area contributed by atoms with E-state index >= 15 is 0 Å². The number of hydrogen-bond donors (Lipinski definition) is 1. The number of likely N-dealkylation sites (tertiary alicyclic amines) is 1. The van der Waals surface area contributed by atoms with Crippen LogP contribution >= 0.6 is 0 Å². The quantitative estimate of drug-likeness (QED) is 0.891. The summed E-state index contributed by atoms with van der Waals surface area (Å²) in [4.78, 5) is 26.4. The summed E-state index contributed by atoms with van der Waals surface area (Å²) < 4.78 is 1.67. The Bertz CT molecular complexity index is 521. The monoisotopic (exact) mass is 278 g/mol. The maximum atomic E-state index is 12.6. The predicted molar refractivity (Wildman–Crippen MR) is 75.3 cm³/mol. The summed E-state index contributed by atoms with van der Waals surface area (Å²) in [5.41, 5.74) is 1.40. The second-order valence-corrected chi connectivity index (χ2v) is 5.59. The largest absolute Gasteiger partial charge is 0.352 e. The van der Waals surface area contributed by atoms with Gasteiger partial charge < -0.3 is 10.2 Å². The zero-order valence-corrected chi connectivity index (χ0v) is 12.5. The van der Waals surface area contributed by atoms with Crippen LogP contribution in [0.15, 0.2) is 6.20 Å². The Morgan fingerprint density at radius 1 is 1.45 bits per heavy atom. The molecular formula is C14H22N4O2. The maximum absolute atomic E-state index is 12.6. The van der Waals surface area contributed by atoms with Crippen molar-refractivity contribution in [3.8, 4) is 0 Å². The average Bonchev–Trinajstić information content (AvgIpc) is 2.97. The van der Waals surface area contributed by atoms with Crippen LogP contribution in [0.1, 0.15) is 42.7 Å². The van der Waals surface area contributed by atoms with Crippen LogP contribution in [0.5, 0.6) is 0 Å². The maximum Gasteiger partial charge on any atom is 0.258 e. The predicted octanol–water partition coefficient (Wildman–Crippen LogP) is 0.858. The molecule has 1 fully saturated rings. The molecule has 1 aromatic heterocycles. The molecule has 1 aromatic rings. The van der Waals surface area contributed by atoms with Gasteiger partial charge in [-0.25, -0.2) is 0 Å². The Morgan fingerprint density at radius 2 is 2.15 bits per heavy atom. The zero-order chi connectivity index (χ0) is 14.9. The lowest BCUT2D eigenvalue weighted by atomic mass is 10.1. The molecule has 0 aromatic carbocycles. The Balaban J connectivity index is 2.16. The molecule has 6 heteroatoms. The van der Waals surface area contributed by atoms with Crippen molar-refractivity contribution < 1.29 is 9.59 Å². The Hall–Kier alpha value is -1.85. The van der Waals surface area contributed by atoms with Gasteiger partial charge in [-0.15, -0.1) is 0 Å². The third kappa shape index (κ3) is 2.69. The van der Waals surface area contributed by atoms with Crippen molar-refractivity contribution >= 4 is 11.8 Å². The number of carbonyl (C=O) groups excluding carboxylic acids is 2. The summed E-state index contributed by atoms with van der Waals surface area (Å²) in [5.74, 6) is -0.163. The van der Waals surface area contributed by atoms with Crippen molar-refractivity contribution in [3.05, 3.63) is 17.5 Å².